The van der Waals surface area contributed by atoms with Gasteiger partial charge in [-0.2, -0.15) is 0 Å². The zero-order valence-electron chi connectivity index (χ0n) is 9.80. The summed E-state index contributed by atoms with van der Waals surface area (Å²) >= 11 is 5.90. The number of pyridine rings is 1. The van der Waals surface area contributed by atoms with Crippen molar-refractivity contribution < 1.29 is 4.79 Å². The molecule has 0 aliphatic rings. The van der Waals surface area contributed by atoms with Gasteiger partial charge in [-0.25, -0.2) is 0 Å². The van der Waals surface area contributed by atoms with Gasteiger partial charge in [-0.15, -0.1) is 10.2 Å². The van der Waals surface area contributed by atoms with Gasteiger partial charge in [0.25, 0.3) is 5.91 Å². The van der Waals surface area contributed by atoms with Crippen LogP contribution in [0.1, 0.15) is 16.2 Å². The summed E-state index contributed by atoms with van der Waals surface area (Å²) in [6.45, 7) is 0.469. The molecule has 2 heterocycles. The fraction of sp³-hybridized carbons (Fsp3) is 0.273. The molecule has 1 amide bonds. The number of aromatic nitrogens is 4. The number of carbonyl (C=O) groups is 1. The Kier molecular flexibility index (Phi) is 3.88. The van der Waals surface area contributed by atoms with E-state index in [4.69, 9.17) is 11.6 Å². The minimum atomic E-state index is -0.240. The molecule has 0 fully saturated rings. The van der Waals surface area contributed by atoms with Crippen molar-refractivity contribution in [2.75, 3.05) is 6.54 Å². The number of amides is 1. The van der Waals surface area contributed by atoms with Crippen LogP contribution in [0.25, 0.3) is 0 Å². The first-order chi connectivity index (χ1) is 8.68. The molecule has 7 heteroatoms. The second-order valence-corrected chi connectivity index (χ2v) is 4.13. The van der Waals surface area contributed by atoms with Crippen molar-refractivity contribution in [2.24, 2.45) is 7.05 Å². The minimum absolute atomic E-state index is 0.240. The molecule has 0 radical (unpaired) electrons. The third-order valence-electron chi connectivity index (χ3n) is 2.45. The standard InChI is InChI=1S/C11H12ClN5O/c1-17-7-15-16-10(17)3-5-14-11(18)8-6-13-4-2-9(8)12/h2,4,6-7H,3,5H2,1H3,(H,14,18). The SMILES string of the molecule is Cn1cnnc1CCNC(=O)c1cnccc1Cl. The predicted molar refractivity (Wildman–Crippen MR) is 66.3 cm³/mol. The number of carbonyl (C=O) groups excluding carboxylic acids is 1. The first-order valence-electron chi connectivity index (χ1n) is 5.39. The fourth-order valence-electron chi connectivity index (χ4n) is 1.46. The largest absolute Gasteiger partial charge is 0.351 e. The van der Waals surface area contributed by atoms with E-state index in [1.165, 1.54) is 6.20 Å². The monoisotopic (exact) mass is 265 g/mol. The average Bonchev–Trinajstić information content (AvgIpc) is 2.75. The minimum Gasteiger partial charge on any atom is -0.351 e. The molecular weight excluding hydrogens is 254 g/mol. The molecule has 0 atom stereocenters. The van der Waals surface area contributed by atoms with E-state index >= 15 is 0 Å². The van der Waals surface area contributed by atoms with Crippen molar-refractivity contribution in [3.05, 3.63) is 41.2 Å². The van der Waals surface area contributed by atoms with Crippen molar-refractivity contribution in [1.82, 2.24) is 25.1 Å². The molecule has 2 rings (SSSR count). The Balaban J connectivity index is 1.90. The van der Waals surface area contributed by atoms with Crippen LogP contribution in [0.4, 0.5) is 0 Å². The van der Waals surface area contributed by atoms with Crippen LogP contribution in [-0.2, 0) is 13.5 Å². The molecule has 0 aromatic carbocycles. The molecule has 2 aromatic rings. The normalized spacial score (nSPS) is 10.3. The van der Waals surface area contributed by atoms with E-state index in [0.29, 0.717) is 23.6 Å². The predicted octanol–water partition coefficient (Wildman–Crippen LogP) is 0.836. The van der Waals surface area contributed by atoms with Crippen molar-refractivity contribution in [3.8, 4) is 0 Å². The summed E-state index contributed by atoms with van der Waals surface area (Å²) in [7, 11) is 1.86. The molecule has 0 saturated carbocycles. The van der Waals surface area contributed by atoms with Crippen LogP contribution in [-0.4, -0.2) is 32.2 Å². The quantitative estimate of drug-likeness (QED) is 0.889. The molecule has 0 bridgehead atoms. The van der Waals surface area contributed by atoms with E-state index in [1.54, 1.807) is 18.6 Å². The maximum atomic E-state index is 11.8. The first kappa shape index (κ1) is 12.5. The van der Waals surface area contributed by atoms with Crippen molar-refractivity contribution in [1.29, 1.82) is 0 Å². The molecular formula is C11H12ClN5O. The van der Waals surface area contributed by atoms with Crippen LogP contribution >= 0.6 is 11.6 Å². The Morgan fingerprint density at radius 2 is 2.39 bits per heavy atom. The van der Waals surface area contributed by atoms with Crippen LogP contribution in [0.3, 0.4) is 0 Å². The van der Waals surface area contributed by atoms with Gasteiger partial charge >= 0.3 is 0 Å². The number of aryl methyl sites for hydroxylation is 1. The Morgan fingerprint density at radius 3 is 3.06 bits per heavy atom. The highest BCUT2D eigenvalue weighted by atomic mass is 35.5. The molecule has 1 N–H and O–H groups in total. The van der Waals surface area contributed by atoms with E-state index in [9.17, 15) is 4.79 Å². The van der Waals surface area contributed by atoms with Gasteiger partial charge in [0.1, 0.15) is 12.2 Å². The second kappa shape index (κ2) is 5.59. The number of hydrogen-bond donors (Lipinski definition) is 1. The fourth-order valence-corrected chi connectivity index (χ4v) is 1.65. The van der Waals surface area contributed by atoms with Gasteiger partial charge < -0.3 is 9.88 Å². The van der Waals surface area contributed by atoms with Crippen LogP contribution < -0.4 is 5.32 Å². The topological polar surface area (TPSA) is 72.7 Å². The lowest BCUT2D eigenvalue weighted by atomic mass is 10.2. The summed E-state index contributed by atoms with van der Waals surface area (Å²) in [5, 5.41) is 10.8. The summed E-state index contributed by atoms with van der Waals surface area (Å²) in [5.41, 5.74) is 0.372. The Morgan fingerprint density at radius 1 is 1.56 bits per heavy atom. The number of nitrogens with zero attached hydrogens (tertiary/aromatic N) is 4. The number of hydrogen-bond acceptors (Lipinski definition) is 4. The highest BCUT2D eigenvalue weighted by Gasteiger charge is 2.09. The molecule has 0 aliphatic heterocycles. The molecule has 6 nitrogen and oxygen atoms in total. The Hall–Kier alpha value is -1.95. The zero-order valence-corrected chi connectivity index (χ0v) is 10.6. The van der Waals surface area contributed by atoms with Gasteiger partial charge in [0.05, 0.1) is 10.6 Å². The van der Waals surface area contributed by atoms with Crippen molar-refractivity contribution in [3.63, 3.8) is 0 Å². The highest BCUT2D eigenvalue weighted by molar-refractivity contribution is 6.33. The second-order valence-electron chi connectivity index (χ2n) is 3.72. The maximum Gasteiger partial charge on any atom is 0.254 e. The highest BCUT2D eigenvalue weighted by Crippen LogP contribution is 2.12. The van der Waals surface area contributed by atoms with Crippen molar-refractivity contribution in [2.45, 2.75) is 6.42 Å². The van der Waals surface area contributed by atoms with Gasteiger partial charge in [0.15, 0.2) is 0 Å². The van der Waals surface area contributed by atoms with Gasteiger partial charge in [-0.3, -0.25) is 9.78 Å². The summed E-state index contributed by atoms with van der Waals surface area (Å²) in [6.07, 6.45) is 5.22. The molecule has 18 heavy (non-hydrogen) atoms. The van der Waals surface area contributed by atoms with Crippen molar-refractivity contribution >= 4 is 17.5 Å². The molecule has 2 aromatic heterocycles. The first-order valence-corrected chi connectivity index (χ1v) is 5.77. The Labute approximate surface area is 109 Å². The summed E-state index contributed by atoms with van der Waals surface area (Å²) < 4.78 is 1.81. The smallest absolute Gasteiger partial charge is 0.254 e. The maximum absolute atomic E-state index is 11.8. The van der Waals surface area contributed by atoms with Crippen LogP contribution in [0.2, 0.25) is 5.02 Å². The third kappa shape index (κ3) is 2.84. The number of halogens is 1. The zero-order chi connectivity index (χ0) is 13.0. The molecule has 0 aliphatic carbocycles. The molecule has 0 spiro atoms. The van der Waals surface area contributed by atoms with E-state index in [-0.39, 0.29) is 5.91 Å². The lowest BCUT2D eigenvalue weighted by molar-refractivity contribution is 0.0953. The van der Waals surface area contributed by atoms with Crippen LogP contribution in [0.5, 0.6) is 0 Å². The van der Waals surface area contributed by atoms with Gasteiger partial charge in [0, 0.05) is 32.4 Å². The number of nitrogens with one attached hydrogen (secondary N) is 1. The van der Waals surface area contributed by atoms with Crippen LogP contribution in [0, 0.1) is 0 Å². The average molecular weight is 266 g/mol. The molecule has 0 unspecified atom stereocenters. The molecule has 0 saturated heterocycles. The van der Waals surface area contributed by atoms with Crippen LogP contribution in [0.15, 0.2) is 24.8 Å². The summed E-state index contributed by atoms with van der Waals surface area (Å²) in [5.74, 6) is 0.572. The molecule has 94 valence electrons. The summed E-state index contributed by atoms with van der Waals surface area (Å²) in [4.78, 5) is 15.7. The Bertz CT molecular complexity index is 554. The lowest BCUT2D eigenvalue weighted by Gasteiger charge is -2.05. The van der Waals surface area contributed by atoms with E-state index in [1.807, 2.05) is 11.6 Å². The lowest BCUT2D eigenvalue weighted by Crippen LogP contribution is -2.26. The van der Waals surface area contributed by atoms with E-state index in [2.05, 4.69) is 20.5 Å². The van der Waals surface area contributed by atoms with E-state index in [0.717, 1.165) is 5.82 Å². The van der Waals surface area contributed by atoms with Gasteiger partial charge in [0.2, 0.25) is 0 Å². The van der Waals surface area contributed by atoms with Gasteiger partial charge in [-0.05, 0) is 6.07 Å². The van der Waals surface area contributed by atoms with Gasteiger partial charge in [-0.1, -0.05) is 11.6 Å². The number of rotatable bonds is 4. The van der Waals surface area contributed by atoms with E-state index < -0.39 is 0 Å². The summed E-state index contributed by atoms with van der Waals surface area (Å²) in [6, 6.07) is 1.58. The third-order valence-corrected chi connectivity index (χ3v) is 2.78.